The van der Waals surface area contributed by atoms with Crippen LogP contribution in [0.25, 0.3) is 11.3 Å². The number of thiazole rings is 1. The molecule has 1 aromatic heterocycles. The maximum Gasteiger partial charge on any atom is 0.182 e. The molecule has 0 bridgehead atoms. The van der Waals surface area contributed by atoms with Gasteiger partial charge in [0.15, 0.2) is 5.13 Å². The maximum atomic E-state index is 5.19. The second kappa shape index (κ2) is 4.84. The maximum absolute atomic E-state index is 5.19. The van der Waals surface area contributed by atoms with Gasteiger partial charge in [-0.2, -0.15) is 0 Å². The van der Waals surface area contributed by atoms with E-state index in [1.807, 2.05) is 30.6 Å². The van der Waals surface area contributed by atoms with Crippen molar-refractivity contribution in [2.24, 2.45) is 0 Å². The van der Waals surface area contributed by atoms with Gasteiger partial charge in [0.05, 0.1) is 17.3 Å². The van der Waals surface area contributed by atoms with Crippen LogP contribution in [-0.2, 0) is 0 Å². The average molecular weight is 299 g/mol. The first-order chi connectivity index (χ1) is 7.74. The van der Waals surface area contributed by atoms with E-state index in [1.165, 1.54) is 0 Å². The molecule has 0 atom stereocenters. The lowest BCUT2D eigenvalue weighted by molar-refractivity contribution is 0.412. The van der Waals surface area contributed by atoms with Gasteiger partial charge in [-0.3, -0.25) is 0 Å². The minimum Gasteiger partial charge on any atom is -0.496 e. The zero-order chi connectivity index (χ0) is 11.5. The van der Waals surface area contributed by atoms with Gasteiger partial charge in [0.1, 0.15) is 5.75 Å². The van der Waals surface area contributed by atoms with E-state index in [9.17, 15) is 0 Å². The SMILES string of the molecule is CNc1nc(-c2ccc(OC)c(Br)c2)cs1. The van der Waals surface area contributed by atoms with Crippen LogP contribution in [-0.4, -0.2) is 19.1 Å². The summed E-state index contributed by atoms with van der Waals surface area (Å²) in [7, 11) is 3.52. The van der Waals surface area contributed by atoms with E-state index < -0.39 is 0 Å². The van der Waals surface area contributed by atoms with Crippen LogP contribution in [0.15, 0.2) is 28.1 Å². The third-order valence-corrected chi connectivity index (χ3v) is 3.65. The van der Waals surface area contributed by atoms with Gasteiger partial charge in [0, 0.05) is 18.0 Å². The fourth-order valence-electron chi connectivity index (χ4n) is 1.35. The molecular weight excluding hydrogens is 288 g/mol. The number of benzene rings is 1. The number of hydrogen-bond acceptors (Lipinski definition) is 4. The van der Waals surface area contributed by atoms with Crippen LogP contribution < -0.4 is 10.1 Å². The fraction of sp³-hybridized carbons (Fsp3) is 0.182. The molecule has 5 heteroatoms. The summed E-state index contributed by atoms with van der Waals surface area (Å²) in [6.45, 7) is 0. The zero-order valence-corrected chi connectivity index (χ0v) is 11.4. The van der Waals surface area contributed by atoms with Crippen LogP contribution in [0.4, 0.5) is 5.13 Å². The van der Waals surface area contributed by atoms with Gasteiger partial charge in [0.25, 0.3) is 0 Å². The van der Waals surface area contributed by atoms with Crippen molar-refractivity contribution in [3.63, 3.8) is 0 Å². The number of ether oxygens (including phenoxy) is 1. The fourth-order valence-corrected chi connectivity index (χ4v) is 2.57. The van der Waals surface area contributed by atoms with Crippen LogP contribution >= 0.6 is 27.3 Å². The van der Waals surface area contributed by atoms with Crippen molar-refractivity contribution < 1.29 is 4.74 Å². The molecule has 0 aliphatic rings. The summed E-state index contributed by atoms with van der Waals surface area (Å²) >= 11 is 5.05. The third kappa shape index (κ3) is 2.20. The van der Waals surface area contributed by atoms with Crippen molar-refractivity contribution >= 4 is 32.4 Å². The van der Waals surface area contributed by atoms with Crippen molar-refractivity contribution in [2.75, 3.05) is 19.5 Å². The molecule has 1 heterocycles. The van der Waals surface area contributed by atoms with Gasteiger partial charge >= 0.3 is 0 Å². The number of hydrogen-bond donors (Lipinski definition) is 1. The predicted octanol–water partition coefficient (Wildman–Crippen LogP) is 3.62. The van der Waals surface area contributed by atoms with Crippen LogP contribution in [0.2, 0.25) is 0 Å². The highest BCUT2D eigenvalue weighted by atomic mass is 79.9. The molecule has 0 aliphatic carbocycles. The van der Waals surface area contributed by atoms with E-state index in [1.54, 1.807) is 18.4 Å². The Hall–Kier alpha value is -1.07. The number of nitrogens with one attached hydrogen (secondary N) is 1. The topological polar surface area (TPSA) is 34.2 Å². The van der Waals surface area contributed by atoms with Gasteiger partial charge in [-0.1, -0.05) is 0 Å². The summed E-state index contributed by atoms with van der Waals surface area (Å²) in [5.41, 5.74) is 2.04. The molecule has 1 N–H and O–H groups in total. The molecular formula is C11H11BrN2OS. The first-order valence-electron chi connectivity index (χ1n) is 4.72. The monoisotopic (exact) mass is 298 g/mol. The molecule has 2 rings (SSSR count). The molecule has 2 aromatic rings. The van der Waals surface area contributed by atoms with Gasteiger partial charge < -0.3 is 10.1 Å². The van der Waals surface area contributed by atoms with Crippen molar-refractivity contribution in [3.05, 3.63) is 28.1 Å². The van der Waals surface area contributed by atoms with Crippen molar-refractivity contribution in [3.8, 4) is 17.0 Å². The Morgan fingerprint density at radius 2 is 2.25 bits per heavy atom. The normalized spacial score (nSPS) is 10.2. The standard InChI is InChI=1S/C11H11BrN2OS/c1-13-11-14-9(6-16-11)7-3-4-10(15-2)8(12)5-7/h3-6H,1-2H3,(H,13,14). The largest absolute Gasteiger partial charge is 0.496 e. The van der Waals surface area contributed by atoms with Crippen molar-refractivity contribution in [1.82, 2.24) is 4.98 Å². The Bertz CT molecular complexity index is 498. The lowest BCUT2D eigenvalue weighted by atomic mass is 10.2. The third-order valence-electron chi connectivity index (χ3n) is 2.17. The minimum atomic E-state index is 0.827. The van der Waals surface area contributed by atoms with Crippen LogP contribution in [0.1, 0.15) is 0 Å². The van der Waals surface area contributed by atoms with E-state index in [2.05, 4.69) is 26.2 Å². The minimum absolute atomic E-state index is 0.827. The highest BCUT2D eigenvalue weighted by Crippen LogP contribution is 2.31. The first-order valence-corrected chi connectivity index (χ1v) is 6.39. The average Bonchev–Trinajstić information content (AvgIpc) is 2.77. The van der Waals surface area contributed by atoms with E-state index in [-0.39, 0.29) is 0 Å². The predicted molar refractivity (Wildman–Crippen MR) is 71.3 cm³/mol. The first kappa shape index (κ1) is 11.4. The molecule has 0 amide bonds. The molecule has 0 unspecified atom stereocenters. The molecule has 0 radical (unpaired) electrons. The van der Waals surface area contributed by atoms with Gasteiger partial charge in [-0.15, -0.1) is 11.3 Å². The van der Waals surface area contributed by atoms with E-state index in [0.717, 1.165) is 26.6 Å². The molecule has 0 spiro atoms. The van der Waals surface area contributed by atoms with Crippen molar-refractivity contribution in [2.45, 2.75) is 0 Å². The van der Waals surface area contributed by atoms with Crippen LogP contribution in [0.5, 0.6) is 5.75 Å². The van der Waals surface area contributed by atoms with E-state index in [4.69, 9.17) is 4.74 Å². The summed E-state index contributed by atoms with van der Waals surface area (Å²) in [4.78, 5) is 4.44. The van der Waals surface area contributed by atoms with E-state index >= 15 is 0 Å². The Labute approximate surface area is 107 Å². The van der Waals surface area contributed by atoms with Gasteiger partial charge in [-0.25, -0.2) is 4.98 Å². The lowest BCUT2D eigenvalue weighted by Gasteiger charge is -2.04. The molecule has 0 saturated heterocycles. The second-order valence-electron chi connectivity index (χ2n) is 3.14. The molecule has 0 aliphatic heterocycles. The quantitative estimate of drug-likeness (QED) is 0.940. The summed E-state index contributed by atoms with van der Waals surface area (Å²) < 4.78 is 6.12. The summed E-state index contributed by atoms with van der Waals surface area (Å²) in [5.74, 6) is 0.827. The van der Waals surface area contributed by atoms with Crippen LogP contribution in [0.3, 0.4) is 0 Å². The Balaban J connectivity index is 2.37. The molecule has 16 heavy (non-hydrogen) atoms. The number of halogens is 1. The zero-order valence-electron chi connectivity index (χ0n) is 8.95. The lowest BCUT2D eigenvalue weighted by Crippen LogP contribution is -1.87. The smallest absolute Gasteiger partial charge is 0.182 e. The van der Waals surface area contributed by atoms with Crippen LogP contribution in [0, 0.1) is 0 Å². The molecule has 0 saturated carbocycles. The molecule has 84 valence electrons. The van der Waals surface area contributed by atoms with Crippen molar-refractivity contribution in [1.29, 1.82) is 0 Å². The number of methoxy groups -OCH3 is 1. The van der Waals surface area contributed by atoms with Gasteiger partial charge in [0.2, 0.25) is 0 Å². The molecule has 0 fully saturated rings. The number of anilines is 1. The second-order valence-corrected chi connectivity index (χ2v) is 4.85. The number of rotatable bonds is 3. The molecule has 3 nitrogen and oxygen atoms in total. The number of aromatic nitrogens is 1. The Morgan fingerprint density at radius 3 is 2.81 bits per heavy atom. The molecule has 1 aromatic carbocycles. The summed E-state index contributed by atoms with van der Waals surface area (Å²) in [6, 6.07) is 5.93. The van der Waals surface area contributed by atoms with E-state index in [0.29, 0.717) is 0 Å². The highest BCUT2D eigenvalue weighted by Gasteiger charge is 2.06. The highest BCUT2D eigenvalue weighted by molar-refractivity contribution is 9.10. The Kier molecular flexibility index (Phi) is 3.46. The number of nitrogens with zero attached hydrogens (tertiary/aromatic N) is 1. The van der Waals surface area contributed by atoms with Gasteiger partial charge in [-0.05, 0) is 34.1 Å². The summed E-state index contributed by atoms with van der Waals surface area (Å²) in [6.07, 6.45) is 0. The Morgan fingerprint density at radius 1 is 1.44 bits per heavy atom. The summed E-state index contributed by atoms with van der Waals surface area (Å²) in [5, 5.41) is 5.97.